The number of carbonyl (C=O) groups excluding carboxylic acids is 1. The standard InChI is InChI=1S/C9H19N3O3/c1-6(12(3)4)5-10-9(15)11-7(2)8(13)14/h6-7H,5H2,1-4H3,(H,13,14)(H2,10,11,15)/t6?,7-/m0/s1. The average Bonchev–Trinajstić information content (AvgIpc) is 2.13. The van der Waals surface area contributed by atoms with Crippen LogP contribution in [-0.4, -0.2) is 54.7 Å². The molecule has 0 heterocycles. The van der Waals surface area contributed by atoms with E-state index in [2.05, 4.69) is 10.6 Å². The predicted molar refractivity (Wildman–Crippen MR) is 56.8 cm³/mol. The average molecular weight is 217 g/mol. The number of hydrogen-bond acceptors (Lipinski definition) is 3. The fourth-order valence-corrected chi connectivity index (χ4v) is 0.732. The summed E-state index contributed by atoms with van der Waals surface area (Å²) in [4.78, 5) is 23.6. The second-order valence-corrected chi connectivity index (χ2v) is 3.73. The van der Waals surface area contributed by atoms with Crippen molar-refractivity contribution in [2.75, 3.05) is 20.6 Å². The van der Waals surface area contributed by atoms with E-state index < -0.39 is 18.0 Å². The van der Waals surface area contributed by atoms with Gasteiger partial charge in [0.1, 0.15) is 6.04 Å². The zero-order valence-electron chi connectivity index (χ0n) is 9.57. The highest BCUT2D eigenvalue weighted by atomic mass is 16.4. The summed E-state index contributed by atoms with van der Waals surface area (Å²) < 4.78 is 0. The van der Waals surface area contributed by atoms with Crippen molar-refractivity contribution in [3.05, 3.63) is 0 Å². The lowest BCUT2D eigenvalue weighted by Crippen LogP contribution is -2.47. The molecule has 0 rings (SSSR count). The third-order valence-electron chi connectivity index (χ3n) is 2.16. The fourth-order valence-electron chi connectivity index (χ4n) is 0.732. The molecular weight excluding hydrogens is 198 g/mol. The van der Waals surface area contributed by atoms with E-state index >= 15 is 0 Å². The van der Waals surface area contributed by atoms with Gasteiger partial charge >= 0.3 is 12.0 Å². The summed E-state index contributed by atoms with van der Waals surface area (Å²) in [7, 11) is 3.81. The van der Waals surface area contributed by atoms with Gasteiger partial charge in [-0.05, 0) is 27.9 Å². The molecule has 2 atom stereocenters. The van der Waals surface area contributed by atoms with E-state index in [1.807, 2.05) is 25.9 Å². The Hall–Kier alpha value is -1.30. The van der Waals surface area contributed by atoms with E-state index in [0.29, 0.717) is 6.54 Å². The molecule has 6 heteroatoms. The van der Waals surface area contributed by atoms with Crippen LogP contribution in [0.5, 0.6) is 0 Å². The SMILES string of the molecule is CC(CNC(=O)N[C@@H](C)C(=O)O)N(C)C. The number of rotatable bonds is 5. The van der Waals surface area contributed by atoms with Crippen LogP contribution in [0.1, 0.15) is 13.8 Å². The molecule has 0 saturated carbocycles. The van der Waals surface area contributed by atoms with Crippen LogP contribution in [0, 0.1) is 0 Å². The van der Waals surface area contributed by atoms with Gasteiger partial charge in [0.05, 0.1) is 0 Å². The highest BCUT2D eigenvalue weighted by Gasteiger charge is 2.14. The van der Waals surface area contributed by atoms with Gasteiger partial charge in [-0.3, -0.25) is 4.79 Å². The van der Waals surface area contributed by atoms with Crippen LogP contribution in [0.15, 0.2) is 0 Å². The van der Waals surface area contributed by atoms with Crippen molar-refractivity contribution in [1.29, 1.82) is 0 Å². The lowest BCUT2D eigenvalue weighted by molar-refractivity contribution is -0.138. The summed E-state index contributed by atoms with van der Waals surface area (Å²) in [6.45, 7) is 3.85. The Balaban J connectivity index is 3.80. The van der Waals surface area contributed by atoms with Gasteiger partial charge in [-0.25, -0.2) is 4.79 Å². The number of nitrogens with zero attached hydrogens (tertiary/aromatic N) is 1. The lowest BCUT2D eigenvalue weighted by atomic mass is 10.3. The van der Waals surface area contributed by atoms with Crippen molar-refractivity contribution in [3.63, 3.8) is 0 Å². The van der Waals surface area contributed by atoms with Crippen LogP contribution in [0.3, 0.4) is 0 Å². The first-order valence-corrected chi connectivity index (χ1v) is 4.78. The lowest BCUT2D eigenvalue weighted by Gasteiger charge is -2.20. The Morgan fingerprint density at radius 3 is 2.27 bits per heavy atom. The Kier molecular flexibility index (Phi) is 5.69. The Labute approximate surface area is 89.6 Å². The second kappa shape index (κ2) is 6.23. The summed E-state index contributed by atoms with van der Waals surface area (Å²) in [6.07, 6.45) is 0. The number of amides is 2. The monoisotopic (exact) mass is 217 g/mol. The van der Waals surface area contributed by atoms with Crippen molar-refractivity contribution < 1.29 is 14.7 Å². The number of aliphatic carboxylic acids is 1. The van der Waals surface area contributed by atoms with Crippen LogP contribution >= 0.6 is 0 Å². The molecule has 1 unspecified atom stereocenters. The Morgan fingerprint density at radius 1 is 1.33 bits per heavy atom. The van der Waals surface area contributed by atoms with Gasteiger partial charge in [0.15, 0.2) is 0 Å². The molecule has 0 aromatic rings. The van der Waals surface area contributed by atoms with Crippen LogP contribution in [0.25, 0.3) is 0 Å². The maximum atomic E-state index is 11.2. The number of hydrogen-bond donors (Lipinski definition) is 3. The molecular formula is C9H19N3O3. The maximum Gasteiger partial charge on any atom is 0.325 e. The molecule has 0 aromatic carbocycles. The van der Waals surface area contributed by atoms with Gasteiger partial charge in [0.25, 0.3) is 0 Å². The summed E-state index contributed by atoms with van der Waals surface area (Å²) in [6, 6.07) is -1.13. The fraction of sp³-hybridized carbons (Fsp3) is 0.778. The van der Waals surface area contributed by atoms with Crippen LogP contribution in [0.4, 0.5) is 4.79 Å². The van der Waals surface area contributed by atoms with Crippen molar-refractivity contribution in [3.8, 4) is 0 Å². The molecule has 0 aliphatic rings. The predicted octanol–water partition coefficient (Wildman–Crippen LogP) is -0.291. The number of likely N-dealkylation sites (N-methyl/N-ethyl adjacent to an activating group) is 1. The van der Waals surface area contributed by atoms with Crippen molar-refractivity contribution in [1.82, 2.24) is 15.5 Å². The molecule has 0 fully saturated rings. The van der Waals surface area contributed by atoms with Crippen LogP contribution in [0.2, 0.25) is 0 Å². The number of carboxylic acids is 1. The largest absolute Gasteiger partial charge is 0.480 e. The number of carboxylic acid groups (broad SMARTS) is 1. The quantitative estimate of drug-likeness (QED) is 0.591. The zero-order chi connectivity index (χ0) is 12.0. The minimum absolute atomic E-state index is 0.205. The van der Waals surface area contributed by atoms with E-state index in [1.54, 1.807) is 0 Å². The molecule has 0 radical (unpaired) electrons. The molecule has 2 amide bonds. The third kappa shape index (κ3) is 5.90. The van der Waals surface area contributed by atoms with Crippen molar-refractivity contribution in [2.24, 2.45) is 0 Å². The first-order valence-electron chi connectivity index (χ1n) is 4.78. The van der Waals surface area contributed by atoms with Gasteiger partial charge in [-0.2, -0.15) is 0 Å². The topological polar surface area (TPSA) is 81.7 Å². The molecule has 0 bridgehead atoms. The minimum Gasteiger partial charge on any atom is -0.480 e. The summed E-state index contributed by atoms with van der Waals surface area (Å²) in [5.74, 6) is -1.05. The van der Waals surface area contributed by atoms with Crippen LogP contribution < -0.4 is 10.6 Å². The number of carbonyl (C=O) groups is 2. The molecule has 0 saturated heterocycles. The summed E-state index contributed by atoms with van der Waals surface area (Å²) in [5, 5.41) is 13.4. The highest BCUT2D eigenvalue weighted by Crippen LogP contribution is 1.88. The van der Waals surface area contributed by atoms with E-state index in [4.69, 9.17) is 5.11 Å². The Bertz CT molecular complexity index is 231. The van der Waals surface area contributed by atoms with E-state index in [9.17, 15) is 9.59 Å². The maximum absolute atomic E-state index is 11.2. The number of nitrogens with one attached hydrogen (secondary N) is 2. The molecule has 15 heavy (non-hydrogen) atoms. The van der Waals surface area contributed by atoms with E-state index in [1.165, 1.54) is 6.92 Å². The summed E-state index contributed by atoms with van der Waals surface area (Å²) in [5.41, 5.74) is 0. The zero-order valence-corrected chi connectivity index (χ0v) is 9.57. The summed E-state index contributed by atoms with van der Waals surface area (Å²) >= 11 is 0. The van der Waals surface area contributed by atoms with Crippen molar-refractivity contribution in [2.45, 2.75) is 25.9 Å². The van der Waals surface area contributed by atoms with Gasteiger partial charge in [-0.1, -0.05) is 0 Å². The normalized spacial score (nSPS) is 14.5. The van der Waals surface area contributed by atoms with Gasteiger partial charge in [0.2, 0.25) is 0 Å². The first kappa shape index (κ1) is 13.7. The molecule has 0 aromatic heterocycles. The number of urea groups is 1. The minimum atomic E-state index is -1.05. The Morgan fingerprint density at radius 2 is 1.87 bits per heavy atom. The highest BCUT2D eigenvalue weighted by molar-refractivity contribution is 5.82. The van der Waals surface area contributed by atoms with Crippen molar-refractivity contribution >= 4 is 12.0 Å². The molecule has 6 nitrogen and oxygen atoms in total. The smallest absolute Gasteiger partial charge is 0.325 e. The molecule has 3 N–H and O–H groups in total. The van der Waals surface area contributed by atoms with E-state index in [0.717, 1.165) is 0 Å². The van der Waals surface area contributed by atoms with Gasteiger partial charge in [-0.15, -0.1) is 0 Å². The molecule has 0 aliphatic carbocycles. The van der Waals surface area contributed by atoms with E-state index in [-0.39, 0.29) is 6.04 Å². The molecule has 0 aliphatic heterocycles. The second-order valence-electron chi connectivity index (χ2n) is 3.73. The molecule has 0 spiro atoms. The molecule has 88 valence electrons. The third-order valence-corrected chi connectivity index (χ3v) is 2.16. The van der Waals surface area contributed by atoms with Crippen LogP contribution in [-0.2, 0) is 4.79 Å². The van der Waals surface area contributed by atoms with Gasteiger partial charge in [0, 0.05) is 12.6 Å². The van der Waals surface area contributed by atoms with Gasteiger partial charge < -0.3 is 20.6 Å². The first-order chi connectivity index (χ1) is 6.84.